The van der Waals surface area contributed by atoms with Crippen LogP contribution in [0.5, 0.6) is 11.5 Å². The Morgan fingerprint density at radius 3 is 2.19 bits per heavy atom. The molecule has 0 radical (unpaired) electrons. The topological polar surface area (TPSA) is 55.4 Å². The van der Waals surface area contributed by atoms with Crippen LogP contribution in [0.25, 0.3) is 6.08 Å². The van der Waals surface area contributed by atoms with Crippen LogP contribution in [-0.4, -0.2) is 8.42 Å². The summed E-state index contributed by atoms with van der Waals surface area (Å²) in [5.41, 5.74) is 2.11. The van der Waals surface area contributed by atoms with Crippen LogP contribution >= 0.6 is 0 Å². The number of anilines is 1. The summed E-state index contributed by atoms with van der Waals surface area (Å²) in [7, 11) is -3.63. The standard InChI is InChI=1S/C21H19NO3S/c1-17-12-13-20(25-19-10-6-3-7-11-19)16-21(17)22-26(23,24)15-14-18-8-4-2-5-9-18/h2-16,22H,1H3/b15-14+. The average Bonchev–Trinajstić information content (AvgIpc) is 2.64. The second-order valence-corrected chi connectivity index (χ2v) is 7.32. The first kappa shape index (κ1) is 17.8. The lowest BCUT2D eigenvalue weighted by atomic mass is 10.2. The summed E-state index contributed by atoms with van der Waals surface area (Å²) in [6, 6.07) is 23.9. The Kier molecular flexibility index (Phi) is 5.39. The predicted molar refractivity (Wildman–Crippen MR) is 106 cm³/mol. The zero-order valence-electron chi connectivity index (χ0n) is 14.3. The largest absolute Gasteiger partial charge is 0.457 e. The Bertz CT molecular complexity index is 998. The van der Waals surface area contributed by atoms with Gasteiger partial charge in [0.15, 0.2) is 0 Å². The third kappa shape index (κ3) is 4.97. The molecule has 0 aliphatic carbocycles. The Morgan fingerprint density at radius 2 is 1.50 bits per heavy atom. The van der Waals surface area contributed by atoms with Crippen molar-refractivity contribution < 1.29 is 13.2 Å². The van der Waals surface area contributed by atoms with Gasteiger partial charge in [0.25, 0.3) is 10.0 Å². The van der Waals surface area contributed by atoms with E-state index in [1.54, 1.807) is 18.2 Å². The Labute approximate surface area is 153 Å². The minimum absolute atomic E-state index is 0.483. The minimum Gasteiger partial charge on any atom is -0.457 e. The lowest BCUT2D eigenvalue weighted by Crippen LogP contribution is -2.10. The number of benzene rings is 3. The molecule has 0 saturated heterocycles. The van der Waals surface area contributed by atoms with Gasteiger partial charge in [-0.2, -0.15) is 0 Å². The van der Waals surface area contributed by atoms with Gasteiger partial charge in [-0.05, 0) is 42.3 Å². The highest BCUT2D eigenvalue weighted by atomic mass is 32.2. The zero-order chi connectivity index (χ0) is 18.4. The van der Waals surface area contributed by atoms with Crippen LogP contribution in [-0.2, 0) is 10.0 Å². The summed E-state index contributed by atoms with van der Waals surface area (Å²) < 4.78 is 33.1. The van der Waals surface area contributed by atoms with E-state index >= 15 is 0 Å². The fraction of sp³-hybridized carbons (Fsp3) is 0.0476. The molecule has 4 nitrogen and oxygen atoms in total. The highest BCUT2D eigenvalue weighted by Crippen LogP contribution is 2.27. The van der Waals surface area contributed by atoms with E-state index in [-0.39, 0.29) is 0 Å². The quantitative estimate of drug-likeness (QED) is 0.653. The maximum Gasteiger partial charge on any atom is 0.255 e. The van der Waals surface area contributed by atoms with Gasteiger partial charge in [-0.3, -0.25) is 4.72 Å². The molecule has 3 aromatic rings. The van der Waals surface area contributed by atoms with E-state index in [2.05, 4.69) is 4.72 Å². The summed E-state index contributed by atoms with van der Waals surface area (Å²) in [6.07, 6.45) is 1.56. The van der Waals surface area contributed by atoms with Crippen molar-refractivity contribution in [2.75, 3.05) is 4.72 Å². The third-order valence-electron chi connectivity index (χ3n) is 3.68. The number of sulfonamides is 1. The lowest BCUT2D eigenvalue weighted by molar-refractivity contribution is 0.483. The molecule has 0 bridgehead atoms. The molecule has 0 aliphatic heterocycles. The predicted octanol–water partition coefficient (Wildman–Crippen LogP) is 5.20. The molecule has 3 rings (SSSR count). The van der Waals surface area contributed by atoms with Crippen LogP contribution in [0.3, 0.4) is 0 Å². The second-order valence-electron chi connectivity index (χ2n) is 5.75. The van der Waals surface area contributed by atoms with Crippen molar-refractivity contribution in [1.29, 1.82) is 0 Å². The minimum atomic E-state index is -3.63. The number of para-hydroxylation sites is 1. The molecule has 0 atom stereocenters. The van der Waals surface area contributed by atoms with Gasteiger partial charge < -0.3 is 4.74 Å². The molecule has 5 heteroatoms. The molecule has 3 aromatic carbocycles. The van der Waals surface area contributed by atoms with Crippen LogP contribution < -0.4 is 9.46 Å². The fourth-order valence-corrected chi connectivity index (χ4v) is 3.25. The van der Waals surface area contributed by atoms with E-state index in [0.29, 0.717) is 17.2 Å². The maximum absolute atomic E-state index is 12.4. The molecule has 0 fully saturated rings. The monoisotopic (exact) mass is 365 g/mol. The van der Waals surface area contributed by atoms with Gasteiger partial charge in [0.2, 0.25) is 0 Å². The van der Waals surface area contributed by atoms with Gasteiger partial charge >= 0.3 is 0 Å². The summed E-state index contributed by atoms with van der Waals surface area (Å²) in [4.78, 5) is 0. The number of ether oxygens (including phenoxy) is 1. The van der Waals surface area contributed by atoms with Crippen LogP contribution in [0, 0.1) is 6.92 Å². The molecular formula is C21H19NO3S. The molecule has 0 amide bonds. The van der Waals surface area contributed by atoms with Crippen molar-refractivity contribution in [3.8, 4) is 11.5 Å². The van der Waals surface area contributed by atoms with Crippen molar-refractivity contribution in [3.63, 3.8) is 0 Å². The summed E-state index contributed by atoms with van der Waals surface area (Å²) in [5, 5.41) is 1.16. The molecule has 0 aliphatic rings. The highest BCUT2D eigenvalue weighted by Gasteiger charge is 2.09. The molecular weight excluding hydrogens is 346 g/mol. The molecule has 0 heterocycles. The summed E-state index contributed by atoms with van der Waals surface area (Å²) in [5.74, 6) is 1.25. The SMILES string of the molecule is Cc1ccc(Oc2ccccc2)cc1NS(=O)(=O)/C=C/c1ccccc1. The van der Waals surface area contributed by atoms with E-state index in [0.717, 1.165) is 16.5 Å². The molecule has 132 valence electrons. The summed E-state index contributed by atoms with van der Waals surface area (Å²) >= 11 is 0. The number of aryl methyl sites for hydroxylation is 1. The van der Waals surface area contributed by atoms with Crippen molar-refractivity contribution in [1.82, 2.24) is 0 Å². The van der Waals surface area contributed by atoms with Crippen LogP contribution in [0.2, 0.25) is 0 Å². The first-order valence-corrected chi connectivity index (χ1v) is 9.66. The molecule has 0 aromatic heterocycles. The van der Waals surface area contributed by atoms with Crippen molar-refractivity contribution in [3.05, 3.63) is 95.4 Å². The number of nitrogens with one attached hydrogen (secondary N) is 1. The maximum atomic E-state index is 12.4. The number of hydrogen-bond donors (Lipinski definition) is 1. The van der Waals surface area contributed by atoms with Gasteiger partial charge in [0.05, 0.1) is 11.1 Å². The molecule has 0 spiro atoms. The second kappa shape index (κ2) is 7.89. The molecule has 1 N–H and O–H groups in total. The smallest absolute Gasteiger partial charge is 0.255 e. The van der Waals surface area contributed by atoms with Gasteiger partial charge in [-0.1, -0.05) is 54.6 Å². The fourth-order valence-electron chi connectivity index (χ4n) is 2.32. The van der Waals surface area contributed by atoms with E-state index < -0.39 is 10.0 Å². The van der Waals surface area contributed by atoms with Gasteiger partial charge in [0, 0.05) is 6.07 Å². The van der Waals surface area contributed by atoms with Crippen LogP contribution in [0.4, 0.5) is 5.69 Å². The average molecular weight is 365 g/mol. The molecule has 26 heavy (non-hydrogen) atoms. The Balaban J connectivity index is 1.78. The van der Waals surface area contributed by atoms with E-state index in [4.69, 9.17) is 4.74 Å². The third-order valence-corrected chi connectivity index (χ3v) is 4.68. The summed E-state index contributed by atoms with van der Waals surface area (Å²) in [6.45, 7) is 1.84. The van der Waals surface area contributed by atoms with E-state index in [1.165, 1.54) is 0 Å². The van der Waals surface area contributed by atoms with Crippen LogP contribution in [0.15, 0.2) is 84.3 Å². The first-order chi connectivity index (χ1) is 12.5. The molecule has 0 saturated carbocycles. The lowest BCUT2D eigenvalue weighted by Gasteiger charge is -2.11. The number of hydrogen-bond acceptors (Lipinski definition) is 3. The van der Waals surface area contributed by atoms with Crippen molar-refractivity contribution in [2.24, 2.45) is 0 Å². The van der Waals surface area contributed by atoms with E-state index in [1.807, 2.05) is 73.7 Å². The van der Waals surface area contributed by atoms with Gasteiger partial charge in [-0.25, -0.2) is 8.42 Å². The van der Waals surface area contributed by atoms with Crippen LogP contribution in [0.1, 0.15) is 11.1 Å². The highest BCUT2D eigenvalue weighted by molar-refractivity contribution is 7.95. The zero-order valence-corrected chi connectivity index (χ0v) is 15.1. The first-order valence-electron chi connectivity index (χ1n) is 8.11. The van der Waals surface area contributed by atoms with Crippen molar-refractivity contribution in [2.45, 2.75) is 6.92 Å². The van der Waals surface area contributed by atoms with Gasteiger partial charge in [0.1, 0.15) is 11.5 Å². The Hall–Kier alpha value is -3.05. The molecule has 0 unspecified atom stereocenters. The van der Waals surface area contributed by atoms with Gasteiger partial charge in [-0.15, -0.1) is 0 Å². The normalized spacial score (nSPS) is 11.4. The van der Waals surface area contributed by atoms with Crippen molar-refractivity contribution >= 4 is 21.8 Å². The number of rotatable bonds is 6. The van der Waals surface area contributed by atoms with E-state index in [9.17, 15) is 8.42 Å². The Morgan fingerprint density at radius 1 is 0.846 bits per heavy atom.